The molecule has 0 aromatic rings. The third-order valence-electron chi connectivity index (χ3n) is 1.53. The molecular weight excluding hydrogens is 279 g/mol. The molecule has 0 bridgehead atoms. The molecule has 76 valence electrons. The first-order valence-electron chi connectivity index (χ1n) is 4.14. The van der Waals surface area contributed by atoms with Gasteiger partial charge in [0.1, 0.15) is 0 Å². The Hall–Kier alpha value is -0.101. The van der Waals surface area contributed by atoms with Crippen molar-refractivity contribution >= 4 is 31.0 Å². The summed E-state index contributed by atoms with van der Waals surface area (Å²) in [7, 11) is 1.55. The summed E-state index contributed by atoms with van der Waals surface area (Å²) in [5.41, 5.74) is 0. The molecule has 5 heteroatoms. The summed E-state index contributed by atoms with van der Waals surface area (Å²) in [6, 6.07) is 0. The fourth-order valence-electron chi connectivity index (χ4n) is 0.645. The van der Waals surface area contributed by atoms with E-state index in [1.54, 1.807) is 7.11 Å². The van der Waals surface area contributed by atoms with E-state index >= 15 is 0 Å². The Bertz CT molecular complexity index is 200. The second kappa shape index (κ2) is 5.59. The van der Waals surface area contributed by atoms with Crippen molar-refractivity contribution in [3.63, 3.8) is 0 Å². The van der Waals surface area contributed by atoms with E-state index in [0.717, 1.165) is 0 Å². The number of Topliss-reactive ketones (excluding diaryl/α,β-unsaturated/α-hetero) is 1. The monoisotopic (exact) mass is 296 g/mol. The molecule has 0 unspecified atom stereocenters. The molecule has 0 aliphatic heterocycles. The van der Waals surface area contributed by atoms with Crippen molar-refractivity contribution in [2.75, 3.05) is 7.11 Å². The molecular formula is C8H16O4Sn. The Balaban J connectivity index is 3.81. The molecule has 0 rings (SSSR count). The molecule has 0 radical (unpaired) electrons. The predicted molar refractivity (Wildman–Crippen MR) is 50.5 cm³/mol. The van der Waals surface area contributed by atoms with E-state index in [-0.39, 0.29) is 24.6 Å². The summed E-state index contributed by atoms with van der Waals surface area (Å²) in [5, 5.41) is 0. The standard InChI is InChI=1S/C5H8O3.CH3O.2CH3.Sn/c1-4(6)2-3-5(7)8;1-2;;;/h2-3H2,1H3,(H,7,8);1H3;2*1H3;/q;-1;;;+2/p-1. The molecule has 0 saturated carbocycles. The third-order valence-corrected chi connectivity index (χ3v) is 6.39. The number of hydrogen-bond donors (Lipinski definition) is 0. The fraction of sp³-hybridized carbons (Fsp3) is 0.750. The minimum atomic E-state index is -2.97. The number of rotatable bonds is 5. The molecule has 0 aliphatic carbocycles. The molecule has 0 saturated heterocycles. The topological polar surface area (TPSA) is 52.6 Å². The van der Waals surface area contributed by atoms with Gasteiger partial charge in [-0.05, 0) is 0 Å². The van der Waals surface area contributed by atoms with Crippen LogP contribution >= 0.6 is 0 Å². The van der Waals surface area contributed by atoms with Gasteiger partial charge < -0.3 is 0 Å². The van der Waals surface area contributed by atoms with Crippen molar-refractivity contribution in [1.82, 2.24) is 0 Å². The molecule has 0 fully saturated rings. The van der Waals surface area contributed by atoms with Crippen molar-refractivity contribution in [2.45, 2.75) is 29.6 Å². The maximum absolute atomic E-state index is 11.1. The summed E-state index contributed by atoms with van der Waals surface area (Å²) in [5.74, 6) is -0.319. The molecule has 0 aromatic heterocycles. The van der Waals surface area contributed by atoms with Gasteiger partial charge in [-0.2, -0.15) is 0 Å². The van der Waals surface area contributed by atoms with Gasteiger partial charge in [0.25, 0.3) is 0 Å². The van der Waals surface area contributed by atoms with Gasteiger partial charge in [0.2, 0.25) is 0 Å². The van der Waals surface area contributed by atoms with E-state index in [1.807, 2.05) is 9.88 Å². The molecule has 0 spiro atoms. The maximum atomic E-state index is 11.1. The van der Waals surface area contributed by atoms with Gasteiger partial charge in [-0.3, -0.25) is 0 Å². The Kier molecular flexibility index (Phi) is 5.55. The molecule has 0 atom stereocenters. The summed E-state index contributed by atoms with van der Waals surface area (Å²) in [6.07, 6.45) is 0.420. The van der Waals surface area contributed by atoms with Gasteiger partial charge in [-0.15, -0.1) is 0 Å². The molecule has 0 aliphatic rings. The molecule has 4 nitrogen and oxygen atoms in total. The van der Waals surface area contributed by atoms with Crippen LogP contribution in [0, 0.1) is 0 Å². The first-order valence-corrected chi connectivity index (χ1v) is 12.2. The summed E-state index contributed by atoms with van der Waals surface area (Å²) >= 11 is -2.97. The van der Waals surface area contributed by atoms with Gasteiger partial charge in [-0.25, -0.2) is 0 Å². The molecule has 0 amide bonds. The average molecular weight is 295 g/mol. The molecule has 0 heterocycles. The first kappa shape index (κ1) is 12.9. The summed E-state index contributed by atoms with van der Waals surface area (Å²) in [4.78, 5) is 25.4. The van der Waals surface area contributed by atoms with Crippen LogP contribution in [-0.4, -0.2) is 38.1 Å². The number of carbonyl (C=O) groups excluding carboxylic acids is 2. The van der Waals surface area contributed by atoms with Crippen LogP contribution in [0.25, 0.3) is 0 Å². The van der Waals surface area contributed by atoms with Crippen molar-refractivity contribution in [2.24, 2.45) is 0 Å². The fourth-order valence-corrected chi connectivity index (χ4v) is 2.74. The third kappa shape index (κ3) is 7.01. The van der Waals surface area contributed by atoms with Gasteiger partial charge >= 0.3 is 83.4 Å². The van der Waals surface area contributed by atoms with Crippen LogP contribution in [0.5, 0.6) is 0 Å². The Labute approximate surface area is 83.6 Å². The summed E-state index contributed by atoms with van der Waals surface area (Å²) in [6.45, 7) is 1.46. The van der Waals surface area contributed by atoms with E-state index in [2.05, 4.69) is 0 Å². The number of ketones is 1. The van der Waals surface area contributed by atoms with Crippen molar-refractivity contribution in [3.05, 3.63) is 0 Å². The predicted octanol–water partition coefficient (Wildman–Crippen LogP) is 1.25. The second-order valence-electron chi connectivity index (χ2n) is 3.28. The van der Waals surface area contributed by atoms with Crippen LogP contribution in [0.15, 0.2) is 0 Å². The van der Waals surface area contributed by atoms with Crippen molar-refractivity contribution in [1.29, 1.82) is 0 Å². The van der Waals surface area contributed by atoms with E-state index < -0.39 is 19.2 Å². The van der Waals surface area contributed by atoms with Crippen LogP contribution < -0.4 is 0 Å². The van der Waals surface area contributed by atoms with Crippen LogP contribution in [0.3, 0.4) is 0 Å². The second-order valence-corrected chi connectivity index (χ2v) is 13.0. The molecule has 13 heavy (non-hydrogen) atoms. The zero-order valence-corrected chi connectivity index (χ0v) is 11.4. The quantitative estimate of drug-likeness (QED) is 0.716. The summed E-state index contributed by atoms with van der Waals surface area (Å²) < 4.78 is 10.2. The molecule has 0 aromatic carbocycles. The zero-order valence-electron chi connectivity index (χ0n) is 8.55. The Morgan fingerprint density at radius 2 is 1.77 bits per heavy atom. The van der Waals surface area contributed by atoms with Gasteiger partial charge in [0, 0.05) is 0 Å². The van der Waals surface area contributed by atoms with Crippen LogP contribution in [0.1, 0.15) is 19.8 Å². The normalized spacial score (nSPS) is 11.1. The minimum absolute atomic E-state index is 0.00220. The SMILES string of the molecule is C[O][Sn]([CH3])([CH3])[O]C(=O)CCC(C)=O. The van der Waals surface area contributed by atoms with Gasteiger partial charge in [-0.1, -0.05) is 0 Å². The van der Waals surface area contributed by atoms with Gasteiger partial charge in [0.05, 0.1) is 0 Å². The van der Waals surface area contributed by atoms with Crippen LogP contribution in [0.4, 0.5) is 0 Å². The van der Waals surface area contributed by atoms with E-state index in [9.17, 15) is 9.59 Å². The average Bonchev–Trinajstić information content (AvgIpc) is 2.00. The zero-order chi connectivity index (χ0) is 10.5. The van der Waals surface area contributed by atoms with E-state index in [1.165, 1.54) is 6.92 Å². The van der Waals surface area contributed by atoms with Crippen molar-refractivity contribution in [3.8, 4) is 0 Å². The van der Waals surface area contributed by atoms with Crippen LogP contribution in [0.2, 0.25) is 9.88 Å². The van der Waals surface area contributed by atoms with Crippen LogP contribution in [-0.2, 0) is 15.7 Å². The molecule has 0 N–H and O–H groups in total. The first-order chi connectivity index (χ1) is 5.87. The van der Waals surface area contributed by atoms with Crippen molar-refractivity contribution < 1.29 is 15.7 Å². The van der Waals surface area contributed by atoms with E-state index in [0.29, 0.717) is 0 Å². The van der Waals surface area contributed by atoms with Gasteiger partial charge in [0.15, 0.2) is 0 Å². The van der Waals surface area contributed by atoms with E-state index in [4.69, 9.17) is 6.15 Å². The number of hydrogen-bond acceptors (Lipinski definition) is 4. The number of carbonyl (C=O) groups is 2. The Morgan fingerprint density at radius 3 is 2.15 bits per heavy atom. The Morgan fingerprint density at radius 1 is 1.23 bits per heavy atom.